The monoisotopic (exact) mass is 435 g/mol. The fourth-order valence-corrected chi connectivity index (χ4v) is 1.75. The first-order valence-electron chi connectivity index (χ1n) is 7.23. The van der Waals surface area contributed by atoms with Crippen LogP contribution in [0.25, 0.3) is 0 Å². The minimum absolute atomic E-state index is 0. The van der Waals surface area contributed by atoms with Gasteiger partial charge in [-0.2, -0.15) is 64.2 Å². The van der Waals surface area contributed by atoms with Crippen molar-refractivity contribution < 1.29 is 25.0 Å². The van der Waals surface area contributed by atoms with Crippen LogP contribution in [0.2, 0.25) is 0 Å². The van der Waals surface area contributed by atoms with Crippen LogP contribution in [0.4, 0.5) is 0 Å². The quantitative estimate of drug-likeness (QED) is 0.324. The van der Waals surface area contributed by atoms with E-state index in [-0.39, 0.29) is 25.0 Å². The Labute approximate surface area is 163 Å². The molecule has 24 heavy (non-hydrogen) atoms. The first kappa shape index (κ1) is 30.9. The zero-order chi connectivity index (χ0) is 17.7. The van der Waals surface area contributed by atoms with Crippen LogP contribution in [0.5, 0.6) is 0 Å². The van der Waals surface area contributed by atoms with Crippen molar-refractivity contribution in [2.24, 2.45) is 0 Å². The Kier molecular flexibility index (Phi) is 23.7. The third-order valence-electron chi connectivity index (χ3n) is 3.42. The van der Waals surface area contributed by atoms with Gasteiger partial charge in [0.15, 0.2) is 0 Å². The van der Waals surface area contributed by atoms with Gasteiger partial charge >= 0.3 is 19.5 Å². The van der Waals surface area contributed by atoms with Crippen molar-refractivity contribution in [1.82, 2.24) is 0 Å². The van der Waals surface area contributed by atoms with Crippen molar-refractivity contribution in [1.29, 1.82) is 5.26 Å². The van der Waals surface area contributed by atoms with Crippen molar-refractivity contribution >= 4 is 7.92 Å². The van der Waals surface area contributed by atoms with E-state index in [2.05, 4.69) is 60.7 Å². The Balaban J connectivity index is -0.000000124. The van der Waals surface area contributed by atoms with E-state index in [4.69, 9.17) is 11.8 Å². The fraction of sp³-hybridized carbons (Fsp3) is 0.400. The van der Waals surface area contributed by atoms with Crippen molar-refractivity contribution in [3.05, 3.63) is 70.8 Å². The largest absolute Gasteiger partial charge is 3.00 e. The summed E-state index contributed by atoms with van der Waals surface area (Å²) < 4.78 is 0. The third kappa shape index (κ3) is 13.5. The summed E-state index contributed by atoms with van der Waals surface area (Å²) in [4.78, 5) is 0. The summed E-state index contributed by atoms with van der Waals surface area (Å²) in [5.41, 5.74) is 7.34. The molecular weight excluding hydrogens is 404 g/mol. The normalized spacial score (nSPS) is 7.96. The molecule has 4 heteroatoms. The van der Waals surface area contributed by atoms with Gasteiger partial charge in [0.1, 0.15) is 0 Å². The van der Waals surface area contributed by atoms with Gasteiger partial charge in [0.05, 0.1) is 0 Å². The molecular formula is C20H31NOPRh. The predicted molar refractivity (Wildman–Crippen MR) is 104 cm³/mol. The van der Waals surface area contributed by atoms with Gasteiger partial charge in [-0.1, -0.05) is 34.6 Å². The van der Waals surface area contributed by atoms with Crippen molar-refractivity contribution in [3.8, 4) is 0 Å². The molecule has 136 valence electrons. The molecule has 0 aliphatic carbocycles. The Hall–Kier alpha value is -0.927. The summed E-state index contributed by atoms with van der Waals surface area (Å²) in [6, 6.07) is 12.5. The van der Waals surface area contributed by atoms with Gasteiger partial charge in [-0.25, -0.2) is 0 Å². The van der Waals surface area contributed by atoms with E-state index >= 15 is 0 Å². The molecule has 0 atom stereocenters. The minimum Gasteiger partial charge on any atom is -0.512 e. The standard InChI is InChI=1S/C10H15.C6H5.C3H9P.CN.H2O.Rh/c1-6-7(2)9(4)10(5)8(6)3;1-2-4-6-5-3-1;1-4(2)3;1-2;;/h1-5H3;1-5H;1-3H3;;1H2;/q2*-1;;-1;;+3. The van der Waals surface area contributed by atoms with Crippen molar-refractivity contribution in [3.63, 3.8) is 0 Å². The second-order valence-corrected chi connectivity index (χ2v) is 8.23. The summed E-state index contributed by atoms with van der Waals surface area (Å²) in [6.45, 7) is 22.4. The average Bonchev–Trinajstić information content (AvgIpc) is 2.69. The summed E-state index contributed by atoms with van der Waals surface area (Å²) in [7, 11) is 0.380. The fourth-order valence-electron chi connectivity index (χ4n) is 1.75. The van der Waals surface area contributed by atoms with Crippen molar-refractivity contribution in [2.45, 2.75) is 34.6 Å². The molecule has 0 saturated carbocycles. The zero-order valence-corrected chi connectivity index (χ0v) is 18.6. The van der Waals surface area contributed by atoms with E-state index in [1.165, 1.54) is 27.8 Å². The summed E-state index contributed by atoms with van der Waals surface area (Å²) >= 11 is 0. The van der Waals surface area contributed by atoms with Gasteiger partial charge in [0, 0.05) is 0 Å². The molecule has 0 amide bonds. The minimum atomic E-state index is 0. The Morgan fingerprint density at radius 3 is 1.25 bits per heavy atom. The number of nitrogens with zero attached hydrogens (tertiary/aromatic N) is 1. The van der Waals surface area contributed by atoms with E-state index in [9.17, 15) is 0 Å². The van der Waals surface area contributed by atoms with Gasteiger partial charge in [0.2, 0.25) is 0 Å². The molecule has 0 bridgehead atoms. The Morgan fingerprint density at radius 2 is 1.17 bits per heavy atom. The molecule has 0 radical (unpaired) electrons. The van der Waals surface area contributed by atoms with E-state index in [0.29, 0.717) is 7.92 Å². The van der Waals surface area contributed by atoms with Crippen LogP contribution >= 0.6 is 7.92 Å². The number of rotatable bonds is 0. The molecule has 2 rings (SSSR count). The Morgan fingerprint density at radius 1 is 0.875 bits per heavy atom. The van der Waals surface area contributed by atoms with Crippen LogP contribution in [0.1, 0.15) is 27.8 Å². The molecule has 2 N–H and O–H groups in total. The maximum Gasteiger partial charge on any atom is 3.00 e. The Bertz CT molecular complexity index is 424. The zero-order valence-electron chi connectivity index (χ0n) is 16.1. The summed E-state index contributed by atoms with van der Waals surface area (Å²) in [5, 5.41) is 6.25. The molecule has 2 nitrogen and oxygen atoms in total. The third-order valence-corrected chi connectivity index (χ3v) is 3.42. The first-order chi connectivity index (χ1) is 10.3. The van der Waals surface area contributed by atoms with E-state index in [1.54, 1.807) is 0 Å². The van der Waals surface area contributed by atoms with Crippen LogP contribution in [-0.2, 0) is 19.5 Å². The molecule has 0 aliphatic heterocycles. The number of benzene rings is 1. The van der Waals surface area contributed by atoms with Crippen LogP contribution in [0.3, 0.4) is 0 Å². The maximum absolute atomic E-state index is 6.25. The van der Waals surface area contributed by atoms with E-state index < -0.39 is 0 Å². The van der Waals surface area contributed by atoms with Gasteiger partial charge < -0.3 is 17.3 Å². The summed E-state index contributed by atoms with van der Waals surface area (Å²) in [6.07, 6.45) is 0. The van der Waals surface area contributed by atoms with E-state index in [0.717, 1.165) is 0 Å². The number of hydrogen-bond acceptors (Lipinski definition) is 1. The molecule has 0 aliphatic rings. The first-order valence-corrected chi connectivity index (χ1v) is 9.91. The smallest absolute Gasteiger partial charge is 0.512 e. The molecule has 2 aromatic carbocycles. The molecule has 0 heterocycles. The SMILES string of the molecule is CP(C)C.Cc1c(C)c(C)[c-](C)c1C.O.[C-]#N.[Rh+3].[c-]1ccccc1. The van der Waals surface area contributed by atoms with Crippen LogP contribution < -0.4 is 0 Å². The van der Waals surface area contributed by atoms with Gasteiger partial charge in [-0.15, -0.1) is 7.92 Å². The van der Waals surface area contributed by atoms with Gasteiger partial charge in [-0.05, 0) is 20.0 Å². The average molecular weight is 435 g/mol. The molecule has 0 aromatic heterocycles. The maximum atomic E-state index is 6.25. The summed E-state index contributed by atoms with van der Waals surface area (Å²) in [5.74, 6) is 0. The van der Waals surface area contributed by atoms with Gasteiger partial charge in [-0.3, -0.25) is 0 Å². The second kappa shape index (κ2) is 18.4. The molecule has 2 aromatic rings. The van der Waals surface area contributed by atoms with Gasteiger partial charge in [0.25, 0.3) is 0 Å². The van der Waals surface area contributed by atoms with Crippen LogP contribution in [-0.4, -0.2) is 25.5 Å². The molecule has 0 fully saturated rings. The van der Waals surface area contributed by atoms with E-state index in [1.807, 2.05) is 30.3 Å². The van der Waals surface area contributed by atoms with Crippen LogP contribution in [0, 0.1) is 52.5 Å². The molecule has 0 spiro atoms. The molecule has 0 unspecified atom stereocenters. The van der Waals surface area contributed by atoms with Crippen molar-refractivity contribution in [2.75, 3.05) is 20.0 Å². The second-order valence-electron chi connectivity index (χ2n) is 5.54. The molecule has 0 saturated heterocycles. The van der Waals surface area contributed by atoms with Crippen LogP contribution in [0.15, 0.2) is 30.3 Å². The number of hydrogen-bond donors (Lipinski definition) is 0. The topological polar surface area (TPSA) is 55.3 Å². The predicted octanol–water partition coefficient (Wildman–Crippen LogP) is 5.06.